The van der Waals surface area contributed by atoms with Gasteiger partial charge in [-0.05, 0) is 36.6 Å². The van der Waals surface area contributed by atoms with Crippen LogP contribution in [0.1, 0.15) is 43.0 Å². The summed E-state index contributed by atoms with van der Waals surface area (Å²) in [6.45, 7) is 3.80. The summed E-state index contributed by atoms with van der Waals surface area (Å²) in [6.07, 6.45) is 0.133. The van der Waals surface area contributed by atoms with E-state index >= 15 is 0 Å². The smallest absolute Gasteiger partial charge is 0.361 e. The number of para-hydroxylation sites is 2. The number of fused-ring (bicyclic) bond motifs is 2. The van der Waals surface area contributed by atoms with Crippen molar-refractivity contribution in [1.82, 2.24) is 4.31 Å². The van der Waals surface area contributed by atoms with Gasteiger partial charge in [0.2, 0.25) is 11.3 Å². The molecule has 1 aliphatic heterocycles. The Morgan fingerprint density at radius 3 is 1.77 bits per heavy atom. The van der Waals surface area contributed by atoms with Crippen LogP contribution in [0, 0.1) is 5.92 Å². The molecule has 5 aromatic rings. The lowest BCUT2D eigenvalue weighted by Gasteiger charge is -2.58. The van der Waals surface area contributed by atoms with E-state index in [2.05, 4.69) is 0 Å². The zero-order valence-electron chi connectivity index (χ0n) is 22.2. The van der Waals surface area contributed by atoms with Crippen LogP contribution in [0.5, 0.6) is 0 Å². The van der Waals surface area contributed by atoms with Gasteiger partial charge in [0.05, 0.1) is 28.3 Å². The van der Waals surface area contributed by atoms with E-state index in [1.54, 1.807) is 4.31 Å². The van der Waals surface area contributed by atoms with Gasteiger partial charge in [-0.3, -0.25) is 9.35 Å². The molecular formula is C33H30NO5S+. The summed E-state index contributed by atoms with van der Waals surface area (Å²) in [5, 5.41) is 12.4. The van der Waals surface area contributed by atoms with Crippen molar-refractivity contribution < 1.29 is 23.1 Å². The number of carboxylic acid groups (broad SMARTS) is 1. The summed E-state index contributed by atoms with van der Waals surface area (Å²) in [7, 11) is 0. The number of piperidine rings is 1. The monoisotopic (exact) mass is 552 g/mol. The summed E-state index contributed by atoms with van der Waals surface area (Å²) in [6, 6.07) is 33.3. The highest BCUT2D eigenvalue weighted by Crippen LogP contribution is 2.60. The van der Waals surface area contributed by atoms with Crippen LogP contribution in [0.3, 0.4) is 0 Å². The van der Waals surface area contributed by atoms with Crippen LogP contribution < -0.4 is 0 Å². The summed E-state index contributed by atoms with van der Waals surface area (Å²) >= 11 is -2.48. The second-order valence-corrected chi connectivity index (χ2v) is 11.7. The van der Waals surface area contributed by atoms with Crippen molar-refractivity contribution in [2.45, 2.75) is 37.3 Å². The molecule has 7 heteroatoms. The predicted octanol–water partition coefficient (Wildman–Crippen LogP) is 7.32. The standard InChI is InChI=1S/C33H29NO5S/c1-32(22-13-5-3-6-14-22)21-26(31(35)36)33(2,23-15-7-4-8-16-23)30(34(32)40(37)38)29-24-17-9-11-19-27(24)39-28-20-12-10-18-25(28)29/h3-20,26,30H,21H2,1-2H3,(H-,35,36,37,38)/p+1. The summed E-state index contributed by atoms with van der Waals surface area (Å²) in [5.74, 6) is -1.84. The van der Waals surface area contributed by atoms with Crippen molar-refractivity contribution in [2.24, 2.45) is 5.92 Å². The molecule has 0 bridgehead atoms. The maximum Gasteiger partial charge on any atom is 0.361 e. The van der Waals surface area contributed by atoms with E-state index in [0.29, 0.717) is 11.2 Å². The van der Waals surface area contributed by atoms with Gasteiger partial charge in [0.25, 0.3) is 0 Å². The van der Waals surface area contributed by atoms with Crippen molar-refractivity contribution >= 4 is 39.2 Å². The topological polar surface area (TPSA) is 89.1 Å². The fraction of sp³-hybridized carbons (Fsp3) is 0.212. The molecule has 1 fully saturated rings. The molecule has 202 valence electrons. The first kappa shape index (κ1) is 26.3. The van der Waals surface area contributed by atoms with Gasteiger partial charge in [0.15, 0.2) is 0 Å². The predicted molar refractivity (Wildman–Crippen MR) is 157 cm³/mol. The quantitative estimate of drug-likeness (QED) is 0.135. The average Bonchev–Trinajstić information content (AvgIpc) is 2.97. The number of rotatable bonds is 5. The van der Waals surface area contributed by atoms with E-state index in [4.69, 9.17) is 4.42 Å². The lowest BCUT2D eigenvalue weighted by atomic mass is 9.57. The summed E-state index contributed by atoms with van der Waals surface area (Å²) in [5.41, 5.74) is 1.37. The third-order valence-electron chi connectivity index (χ3n) is 8.72. The number of nitrogens with zero attached hydrogens (tertiary/aromatic N) is 1. The second-order valence-electron chi connectivity index (χ2n) is 10.9. The van der Waals surface area contributed by atoms with Gasteiger partial charge in [0.1, 0.15) is 0 Å². The SMILES string of the molecule is CC1(c2ccccc2)C(C(=O)O)CC(C)(c2ccccc2)N(S(=O)O)C1c1c2ccccc2[o+]c2ccccc12. The van der Waals surface area contributed by atoms with Crippen molar-refractivity contribution in [3.05, 3.63) is 126 Å². The zero-order chi connectivity index (χ0) is 28.1. The Kier molecular flexibility index (Phi) is 6.53. The molecule has 1 saturated heterocycles. The number of benzene rings is 4. The van der Waals surface area contributed by atoms with Crippen LogP contribution in [0.4, 0.5) is 0 Å². The Morgan fingerprint density at radius 1 is 0.800 bits per heavy atom. The molecule has 2 heterocycles. The maximum absolute atomic E-state index is 13.7. The van der Waals surface area contributed by atoms with Gasteiger partial charge in [-0.2, -0.15) is 4.31 Å². The van der Waals surface area contributed by atoms with Crippen molar-refractivity contribution in [2.75, 3.05) is 0 Å². The van der Waals surface area contributed by atoms with Gasteiger partial charge in [0, 0.05) is 23.1 Å². The number of carboxylic acids is 1. The summed E-state index contributed by atoms with van der Waals surface area (Å²) in [4.78, 5) is 13.3. The minimum absolute atomic E-state index is 0.133. The van der Waals surface area contributed by atoms with Crippen molar-refractivity contribution in [3.63, 3.8) is 0 Å². The van der Waals surface area contributed by atoms with Crippen LogP contribution in [0.2, 0.25) is 0 Å². The Morgan fingerprint density at radius 2 is 1.27 bits per heavy atom. The second kappa shape index (κ2) is 9.93. The molecule has 2 N–H and O–H groups in total. The minimum atomic E-state index is -2.48. The lowest BCUT2D eigenvalue weighted by Crippen LogP contribution is -2.62. The van der Waals surface area contributed by atoms with Crippen LogP contribution in [0.25, 0.3) is 21.9 Å². The van der Waals surface area contributed by atoms with E-state index < -0.39 is 40.1 Å². The number of aliphatic carboxylic acids is 1. The molecule has 0 radical (unpaired) electrons. The minimum Gasteiger partial charge on any atom is -0.481 e. The summed E-state index contributed by atoms with van der Waals surface area (Å²) < 4.78 is 32.7. The molecule has 0 spiro atoms. The highest BCUT2D eigenvalue weighted by atomic mass is 32.2. The number of hydrogen-bond acceptors (Lipinski definition) is 2. The molecular weight excluding hydrogens is 522 g/mol. The number of carbonyl (C=O) groups is 1. The van der Waals surface area contributed by atoms with Crippen molar-refractivity contribution in [1.29, 1.82) is 0 Å². The Hall–Kier alpha value is -3.91. The van der Waals surface area contributed by atoms with Crippen LogP contribution in [-0.2, 0) is 27.0 Å². The van der Waals surface area contributed by atoms with Crippen molar-refractivity contribution in [3.8, 4) is 0 Å². The first-order valence-corrected chi connectivity index (χ1v) is 14.3. The molecule has 1 aromatic heterocycles. The van der Waals surface area contributed by atoms with Gasteiger partial charge < -0.3 is 5.11 Å². The molecule has 6 rings (SSSR count). The fourth-order valence-electron chi connectivity index (χ4n) is 6.76. The highest BCUT2D eigenvalue weighted by Gasteiger charge is 2.62. The van der Waals surface area contributed by atoms with Gasteiger partial charge in [-0.15, -0.1) is 0 Å². The molecule has 40 heavy (non-hydrogen) atoms. The van der Waals surface area contributed by atoms with E-state index in [1.165, 1.54) is 0 Å². The number of hydrogen-bond donors (Lipinski definition) is 2. The molecule has 4 aromatic carbocycles. The largest absolute Gasteiger partial charge is 0.481 e. The van der Waals surface area contributed by atoms with Gasteiger partial charge in [-0.25, -0.2) is 8.63 Å². The zero-order valence-corrected chi connectivity index (χ0v) is 23.0. The van der Waals surface area contributed by atoms with E-state index in [9.17, 15) is 18.7 Å². The molecule has 5 unspecified atom stereocenters. The highest BCUT2D eigenvalue weighted by molar-refractivity contribution is 7.76. The van der Waals surface area contributed by atoms with Gasteiger partial charge in [-0.1, -0.05) is 91.9 Å². The molecule has 0 saturated carbocycles. The molecule has 1 aliphatic rings. The fourth-order valence-corrected chi connectivity index (χ4v) is 7.78. The molecule has 0 aliphatic carbocycles. The first-order valence-electron chi connectivity index (χ1n) is 13.2. The van der Waals surface area contributed by atoms with Crippen LogP contribution in [0.15, 0.2) is 114 Å². The van der Waals surface area contributed by atoms with Crippen LogP contribution >= 0.6 is 0 Å². The van der Waals surface area contributed by atoms with E-state index in [-0.39, 0.29) is 6.42 Å². The molecule has 6 nitrogen and oxygen atoms in total. The van der Waals surface area contributed by atoms with Crippen LogP contribution in [-0.4, -0.2) is 24.1 Å². The normalized spacial score (nSPS) is 26.1. The van der Waals surface area contributed by atoms with Gasteiger partial charge >= 0.3 is 17.1 Å². The third-order valence-corrected chi connectivity index (χ3v) is 9.67. The Labute approximate surface area is 235 Å². The Bertz CT molecular complexity index is 1690. The third kappa shape index (κ3) is 3.96. The first-order chi connectivity index (χ1) is 19.3. The van der Waals surface area contributed by atoms with E-state index in [1.807, 2.05) is 123 Å². The maximum atomic E-state index is 13.7. The Balaban J connectivity index is 1.80. The van der Waals surface area contributed by atoms with E-state index in [0.717, 1.165) is 27.5 Å². The molecule has 5 atom stereocenters. The molecule has 0 amide bonds. The average molecular weight is 553 g/mol. The lowest BCUT2D eigenvalue weighted by molar-refractivity contribution is -0.151.